The van der Waals surface area contributed by atoms with Gasteiger partial charge in [-0.2, -0.15) is 17.9 Å². The van der Waals surface area contributed by atoms with E-state index in [0.29, 0.717) is 10.6 Å². The molecule has 0 saturated heterocycles. The third kappa shape index (κ3) is 5.25. The molecule has 0 saturated carbocycles. The maximum absolute atomic E-state index is 12.8. The van der Waals surface area contributed by atoms with E-state index in [4.69, 9.17) is 4.42 Å². The summed E-state index contributed by atoms with van der Waals surface area (Å²) in [5, 5.41) is 20.7. The Morgan fingerprint density at radius 2 is 2.00 bits per heavy atom. The summed E-state index contributed by atoms with van der Waals surface area (Å²) < 4.78 is 44.9. The highest BCUT2D eigenvalue weighted by atomic mass is 32.2. The van der Waals surface area contributed by atoms with Gasteiger partial charge in [0.15, 0.2) is 0 Å². The van der Waals surface area contributed by atoms with Crippen molar-refractivity contribution in [3.05, 3.63) is 48.4 Å². The zero-order chi connectivity index (χ0) is 20.1. The third-order valence-corrected chi connectivity index (χ3v) is 4.41. The number of aromatic hydroxyl groups is 1. The molecule has 0 radical (unpaired) electrons. The van der Waals surface area contributed by atoms with Gasteiger partial charge in [-0.1, -0.05) is 11.8 Å². The van der Waals surface area contributed by atoms with Gasteiger partial charge in [0.05, 0.1) is 24.2 Å². The van der Waals surface area contributed by atoms with Crippen LogP contribution in [0.25, 0.3) is 5.69 Å². The lowest BCUT2D eigenvalue weighted by Crippen LogP contribution is -2.39. The molecule has 2 aromatic heterocycles. The Balaban J connectivity index is 1.69. The summed E-state index contributed by atoms with van der Waals surface area (Å²) in [4.78, 5) is 13.1. The van der Waals surface area contributed by atoms with E-state index in [1.54, 1.807) is 12.1 Å². The van der Waals surface area contributed by atoms with Gasteiger partial charge in [0.2, 0.25) is 11.1 Å². The molecule has 1 aromatic carbocycles. The van der Waals surface area contributed by atoms with Crippen LogP contribution in [0.15, 0.2) is 52.2 Å². The van der Waals surface area contributed by atoms with Crippen molar-refractivity contribution in [1.82, 2.24) is 25.1 Å². The number of tetrazole rings is 1. The average Bonchev–Trinajstić information content (AvgIpc) is 3.30. The van der Waals surface area contributed by atoms with E-state index < -0.39 is 18.6 Å². The molecule has 0 unspecified atom stereocenters. The van der Waals surface area contributed by atoms with Crippen LogP contribution in [0, 0.1) is 0 Å². The Kier molecular flexibility index (Phi) is 5.87. The second kappa shape index (κ2) is 8.33. The van der Waals surface area contributed by atoms with Crippen LogP contribution >= 0.6 is 11.8 Å². The van der Waals surface area contributed by atoms with E-state index in [1.807, 2.05) is 0 Å². The summed E-state index contributed by atoms with van der Waals surface area (Å²) in [5.41, 5.74) is 0.528. The fraction of sp³-hybridized carbons (Fsp3) is 0.250. The van der Waals surface area contributed by atoms with Crippen molar-refractivity contribution in [2.45, 2.75) is 17.9 Å². The standard InChI is InChI=1S/C16H14F3N5O3S/c17-16(18,19)10-23(8-13-2-1-7-27-13)14(26)9-28-15-20-21-22-24(15)11-3-5-12(25)6-4-11/h1-7,25H,8-10H2. The van der Waals surface area contributed by atoms with Crippen molar-refractivity contribution in [2.75, 3.05) is 12.3 Å². The van der Waals surface area contributed by atoms with Crippen LogP contribution in [0.5, 0.6) is 5.75 Å². The number of nitrogens with zero attached hydrogens (tertiary/aromatic N) is 5. The first kappa shape index (κ1) is 19.7. The summed E-state index contributed by atoms with van der Waals surface area (Å²) in [7, 11) is 0. The number of halogens is 3. The molecule has 0 aliphatic heterocycles. The quantitative estimate of drug-likeness (QED) is 0.595. The van der Waals surface area contributed by atoms with E-state index in [0.717, 1.165) is 11.8 Å². The van der Waals surface area contributed by atoms with Gasteiger partial charge in [-0.25, -0.2) is 0 Å². The molecule has 8 nitrogen and oxygen atoms in total. The van der Waals surface area contributed by atoms with Gasteiger partial charge >= 0.3 is 6.18 Å². The number of benzene rings is 1. The van der Waals surface area contributed by atoms with Gasteiger partial charge < -0.3 is 14.4 Å². The lowest BCUT2D eigenvalue weighted by atomic mass is 10.3. The van der Waals surface area contributed by atoms with Gasteiger partial charge in [-0.05, 0) is 46.8 Å². The Morgan fingerprint density at radius 3 is 2.64 bits per heavy atom. The number of furan rings is 1. The summed E-state index contributed by atoms with van der Waals surface area (Å²) in [5.74, 6) is -0.729. The molecular formula is C16H14F3N5O3S. The Bertz CT molecular complexity index is 913. The van der Waals surface area contributed by atoms with Gasteiger partial charge in [0.1, 0.15) is 18.1 Å². The topological polar surface area (TPSA) is 97.3 Å². The zero-order valence-electron chi connectivity index (χ0n) is 14.2. The van der Waals surface area contributed by atoms with Crippen molar-refractivity contribution in [1.29, 1.82) is 0 Å². The van der Waals surface area contributed by atoms with E-state index in [1.165, 1.54) is 35.2 Å². The first-order valence-corrected chi connectivity index (χ1v) is 8.88. The maximum Gasteiger partial charge on any atom is 0.406 e. The molecule has 0 bridgehead atoms. The fourth-order valence-corrected chi connectivity index (χ4v) is 3.08. The summed E-state index contributed by atoms with van der Waals surface area (Å²) >= 11 is 0.903. The number of thioether (sulfide) groups is 1. The average molecular weight is 413 g/mol. The van der Waals surface area contributed by atoms with Crippen molar-refractivity contribution in [3.8, 4) is 11.4 Å². The van der Waals surface area contributed by atoms with Crippen LogP contribution in [0.2, 0.25) is 0 Å². The van der Waals surface area contributed by atoms with Crippen LogP contribution in [-0.4, -0.2) is 54.6 Å². The molecular weight excluding hydrogens is 399 g/mol. The molecule has 1 amide bonds. The number of hydrogen-bond donors (Lipinski definition) is 1. The smallest absolute Gasteiger partial charge is 0.406 e. The molecule has 0 aliphatic rings. The van der Waals surface area contributed by atoms with E-state index in [2.05, 4.69) is 15.5 Å². The summed E-state index contributed by atoms with van der Waals surface area (Å²) in [6.45, 7) is -1.69. The molecule has 0 spiro atoms. The molecule has 3 rings (SSSR count). The molecule has 0 atom stereocenters. The Labute approximate surface area is 160 Å². The Morgan fingerprint density at radius 1 is 1.25 bits per heavy atom. The molecule has 0 fully saturated rings. The van der Waals surface area contributed by atoms with Crippen LogP contribution in [-0.2, 0) is 11.3 Å². The highest BCUT2D eigenvalue weighted by molar-refractivity contribution is 7.99. The number of hydrogen-bond acceptors (Lipinski definition) is 7. The summed E-state index contributed by atoms with van der Waals surface area (Å²) in [6, 6.07) is 9.02. The molecule has 1 N–H and O–H groups in total. The molecule has 0 aliphatic carbocycles. The molecule has 3 aromatic rings. The highest BCUT2D eigenvalue weighted by Crippen LogP contribution is 2.23. The number of phenolic OH excluding ortho intramolecular Hbond substituents is 1. The number of aromatic nitrogens is 4. The number of alkyl halides is 3. The SMILES string of the molecule is O=C(CSc1nnnn1-c1ccc(O)cc1)N(Cc1ccco1)CC(F)(F)F. The second-order valence-corrected chi connectivity index (χ2v) is 6.57. The van der Waals surface area contributed by atoms with Crippen LogP contribution < -0.4 is 0 Å². The van der Waals surface area contributed by atoms with E-state index in [-0.39, 0.29) is 29.0 Å². The first-order chi connectivity index (χ1) is 13.3. The van der Waals surface area contributed by atoms with Gasteiger partial charge in [0.25, 0.3) is 0 Å². The van der Waals surface area contributed by atoms with E-state index >= 15 is 0 Å². The third-order valence-electron chi connectivity index (χ3n) is 3.51. The number of rotatable bonds is 7. The van der Waals surface area contributed by atoms with Crippen molar-refractivity contribution in [3.63, 3.8) is 0 Å². The molecule has 28 heavy (non-hydrogen) atoms. The van der Waals surface area contributed by atoms with Crippen molar-refractivity contribution < 1.29 is 27.5 Å². The lowest BCUT2D eigenvalue weighted by Gasteiger charge is -2.22. The van der Waals surface area contributed by atoms with Gasteiger partial charge in [0, 0.05) is 0 Å². The number of phenols is 1. The number of carbonyl (C=O) groups excluding carboxylic acids is 1. The normalized spacial score (nSPS) is 11.5. The van der Waals surface area contributed by atoms with Crippen LogP contribution in [0.3, 0.4) is 0 Å². The fourth-order valence-electron chi connectivity index (χ4n) is 2.28. The Hall–Kier alpha value is -3.02. The van der Waals surface area contributed by atoms with Gasteiger partial charge in [-0.3, -0.25) is 4.79 Å². The van der Waals surface area contributed by atoms with E-state index in [9.17, 15) is 23.1 Å². The predicted octanol–water partition coefficient (Wildman–Crippen LogP) is 2.64. The minimum atomic E-state index is -4.54. The maximum atomic E-state index is 12.8. The molecule has 148 valence electrons. The second-order valence-electron chi connectivity index (χ2n) is 5.62. The number of carbonyl (C=O) groups is 1. The van der Waals surface area contributed by atoms with Gasteiger partial charge in [-0.15, -0.1) is 5.10 Å². The zero-order valence-corrected chi connectivity index (χ0v) is 15.0. The minimum absolute atomic E-state index is 0.0573. The van der Waals surface area contributed by atoms with Crippen LogP contribution in [0.4, 0.5) is 13.2 Å². The lowest BCUT2D eigenvalue weighted by molar-refractivity contribution is -0.161. The summed E-state index contributed by atoms with van der Waals surface area (Å²) in [6.07, 6.45) is -3.22. The largest absolute Gasteiger partial charge is 0.508 e. The minimum Gasteiger partial charge on any atom is -0.508 e. The molecule has 2 heterocycles. The number of amides is 1. The predicted molar refractivity (Wildman–Crippen MR) is 91.7 cm³/mol. The molecule has 12 heteroatoms. The monoisotopic (exact) mass is 413 g/mol. The first-order valence-electron chi connectivity index (χ1n) is 7.89. The van der Waals surface area contributed by atoms with Crippen molar-refractivity contribution in [2.24, 2.45) is 0 Å². The van der Waals surface area contributed by atoms with Crippen LogP contribution in [0.1, 0.15) is 5.76 Å². The highest BCUT2D eigenvalue weighted by Gasteiger charge is 2.33. The van der Waals surface area contributed by atoms with Crippen molar-refractivity contribution >= 4 is 17.7 Å².